The van der Waals surface area contributed by atoms with Crippen molar-refractivity contribution in [2.45, 2.75) is 238 Å². The molecular weight excluding hydrogens is 627 g/mol. The summed E-state index contributed by atoms with van der Waals surface area (Å²) in [6.07, 6.45) is 58.0. The van der Waals surface area contributed by atoms with E-state index in [9.17, 15) is 15.0 Å². The molecule has 4 heteroatoms. The number of carbonyl (C=O) groups is 1. The molecule has 0 aromatic heterocycles. The standard InChI is InChI=1S/C47H87NO3/c1-3-5-7-9-11-13-15-17-19-20-21-22-23-24-25-26-27-29-30-32-34-36-38-40-42-46(50)45(44-49)48-47(51)43-41-39-37-35-33-31-28-18-16-14-12-10-8-6-4-2/h6,8,12,14,18,28,40,42,45-46,49-50H,3-5,7,9-11,13,15-17,19-27,29-39,41,43-44H2,1-2H3,(H,48,51)/b8-6-,14-12-,28-18-,42-40+. The van der Waals surface area contributed by atoms with Gasteiger partial charge in [0.05, 0.1) is 18.8 Å². The largest absolute Gasteiger partial charge is 0.394 e. The lowest BCUT2D eigenvalue weighted by atomic mass is 10.0. The Balaban J connectivity index is 3.55. The summed E-state index contributed by atoms with van der Waals surface area (Å²) in [6, 6.07) is -0.632. The zero-order valence-corrected chi connectivity index (χ0v) is 34.1. The van der Waals surface area contributed by atoms with Gasteiger partial charge in [-0.2, -0.15) is 0 Å². The first-order valence-electron chi connectivity index (χ1n) is 22.4. The number of hydrogen-bond donors (Lipinski definition) is 3. The number of aliphatic hydroxyl groups is 2. The number of nitrogens with one attached hydrogen (secondary N) is 1. The maximum atomic E-state index is 12.4. The molecule has 51 heavy (non-hydrogen) atoms. The lowest BCUT2D eigenvalue weighted by Crippen LogP contribution is -2.45. The fourth-order valence-electron chi connectivity index (χ4n) is 6.66. The van der Waals surface area contributed by atoms with Crippen LogP contribution in [0.3, 0.4) is 0 Å². The van der Waals surface area contributed by atoms with E-state index in [1.54, 1.807) is 6.08 Å². The Morgan fingerprint density at radius 1 is 0.490 bits per heavy atom. The maximum absolute atomic E-state index is 12.4. The van der Waals surface area contributed by atoms with Gasteiger partial charge in [-0.25, -0.2) is 0 Å². The van der Waals surface area contributed by atoms with Gasteiger partial charge in [0.2, 0.25) is 5.91 Å². The third-order valence-electron chi connectivity index (χ3n) is 10.1. The van der Waals surface area contributed by atoms with E-state index in [-0.39, 0.29) is 12.5 Å². The van der Waals surface area contributed by atoms with Crippen molar-refractivity contribution in [3.05, 3.63) is 48.6 Å². The molecule has 0 saturated carbocycles. The first kappa shape index (κ1) is 49.4. The molecule has 1 amide bonds. The summed E-state index contributed by atoms with van der Waals surface area (Å²) in [6.45, 7) is 4.20. The number of aliphatic hydroxyl groups excluding tert-OH is 2. The summed E-state index contributed by atoms with van der Waals surface area (Å²) in [7, 11) is 0. The molecule has 0 aromatic rings. The van der Waals surface area contributed by atoms with Crippen molar-refractivity contribution in [2.75, 3.05) is 6.61 Å². The fourth-order valence-corrected chi connectivity index (χ4v) is 6.66. The lowest BCUT2D eigenvalue weighted by Gasteiger charge is -2.20. The highest BCUT2D eigenvalue weighted by atomic mass is 16.3. The van der Waals surface area contributed by atoms with Crippen LogP contribution in [0.2, 0.25) is 0 Å². The molecule has 0 heterocycles. The number of amides is 1. The highest BCUT2D eigenvalue weighted by molar-refractivity contribution is 5.76. The Morgan fingerprint density at radius 3 is 1.29 bits per heavy atom. The van der Waals surface area contributed by atoms with Crippen LogP contribution >= 0.6 is 0 Å². The first-order valence-corrected chi connectivity index (χ1v) is 22.4. The van der Waals surface area contributed by atoms with Gasteiger partial charge in [0, 0.05) is 6.42 Å². The molecule has 0 bridgehead atoms. The predicted octanol–water partition coefficient (Wildman–Crippen LogP) is 14.0. The summed E-state index contributed by atoms with van der Waals surface area (Å²) in [5.74, 6) is -0.0812. The summed E-state index contributed by atoms with van der Waals surface area (Å²) in [5.41, 5.74) is 0. The predicted molar refractivity (Wildman–Crippen MR) is 225 cm³/mol. The molecule has 4 nitrogen and oxygen atoms in total. The molecule has 0 fully saturated rings. The van der Waals surface area contributed by atoms with E-state index in [2.05, 4.69) is 55.6 Å². The third kappa shape index (κ3) is 39.4. The van der Waals surface area contributed by atoms with Gasteiger partial charge in [-0.05, 0) is 51.4 Å². The van der Waals surface area contributed by atoms with Gasteiger partial charge in [-0.3, -0.25) is 4.79 Å². The molecule has 0 spiro atoms. The van der Waals surface area contributed by atoms with Gasteiger partial charge >= 0.3 is 0 Å². The Labute approximate surface area is 318 Å². The second-order valence-electron chi connectivity index (χ2n) is 15.1. The summed E-state index contributed by atoms with van der Waals surface area (Å²) in [5, 5.41) is 23.0. The minimum atomic E-state index is -0.847. The van der Waals surface area contributed by atoms with E-state index in [0.29, 0.717) is 6.42 Å². The Kier molecular flexibility index (Phi) is 41.4. The summed E-state index contributed by atoms with van der Waals surface area (Å²) >= 11 is 0. The van der Waals surface area contributed by atoms with E-state index < -0.39 is 12.1 Å². The van der Waals surface area contributed by atoms with Crippen LogP contribution < -0.4 is 5.32 Å². The molecule has 0 rings (SSSR count). The van der Waals surface area contributed by atoms with Gasteiger partial charge in [0.25, 0.3) is 0 Å². The lowest BCUT2D eigenvalue weighted by molar-refractivity contribution is -0.123. The Morgan fingerprint density at radius 2 is 0.863 bits per heavy atom. The van der Waals surface area contributed by atoms with Crippen molar-refractivity contribution in [3.63, 3.8) is 0 Å². The zero-order chi connectivity index (χ0) is 37.1. The molecule has 3 N–H and O–H groups in total. The summed E-state index contributed by atoms with van der Waals surface area (Å²) < 4.78 is 0. The van der Waals surface area contributed by atoms with Crippen molar-refractivity contribution in [1.29, 1.82) is 0 Å². The topological polar surface area (TPSA) is 69.6 Å². The van der Waals surface area contributed by atoms with Crippen molar-refractivity contribution in [2.24, 2.45) is 0 Å². The van der Waals surface area contributed by atoms with E-state index in [0.717, 1.165) is 57.8 Å². The van der Waals surface area contributed by atoms with Crippen LogP contribution in [0, 0.1) is 0 Å². The van der Waals surface area contributed by atoms with Crippen LogP contribution in [0.5, 0.6) is 0 Å². The molecule has 0 saturated heterocycles. The molecule has 0 aromatic carbocycles. The minimum absolute atomic E-state index is 0.0812. The van der Waals surface area contributed by atoms with Crippen molar-refractivity contribution >= 4 is 5.91 Å². The average Bonchev–Trinajstić information content (AvgIpc) is 3.13. The number of allylic oxidation sites excluding steroid dienone is 7. The SMILES string of the molecule is CC/C=C\C/C=C\C/C=C\CCCCCCCC(=O)NC(CO)C(O)/C=C/CCCCCCCCCCCCCCCCCCCCCCCC. The molecule has 0 radical (unpaired) electrons. The molecule has 2 atom stereocenters. The van der Waals surface area contributed by atoms with Gasteiger partial charge in [0.1, 0.15) is 0 Å². The molecule has 2 unspecified atom stereocenters. The quantitative estimate of drug-likeness (QED) is 0.0437. The van der Waals surface area contributed by atoms with E-state index in [4.69, 9.17) is 0 Å². The van der Waals surface area contributed by atoms with Crippen LogP contribution in [0.1, 0.15) is 226 Å². The number of rotatable bonds is 40. The third-order valence-corrected chi connectivity index (χ3v) is 10.1. The summed E-state index contributed by atoms with van der Waals surface area (Å²) in [4.78, 5) is 12.4. The Bertz CT molecular complexity index is 816. The second kappa shape index (κ2) is 42.8. The van der Waals surface area contributed by atoms with Crippen molar-refractivity contribution in [3.8, 4) is 0 Å². The number of carbonyl (C=O) groups excluding carboxylic acids is 1. The highest BCUT2D eigenvalue weighted by Crippen LogP contribution is 2.16. The van der Waals surface area contributed by atoms with Gasteiger partial charge in [-0.1, -0.05) is 217 Å². The van der Waals surface area contributed by atoms with Crippen LogP contribution in [0.25, 0.3) is 0 Å². The normalized spacial score (nSPS) is 13.4. The number of hydrogen-bond acceptors (Lipinski definition) is 3. The zero-order valence-electron chi connectivity index (χ0n) is 34.1. The van der Waals surface area contributed by atoms with Gasteiger partial charge < -0.3 is 15.5 Å². The van der Waals surface area contributed by atoms with E-state index >= 15 is 0 Å². The van der Waals surface area contributed by atoms with Crippen LogP contribution in [0.4, 0.5) is 0 Å². The van der Waals surface area contributed by atoms with Gasteiger partial charge in [0.15, 0.2) is 0 Å². The second-order valence-corrected chi connectivity index (χ2v) is 15.1. The first-order chi connectivity index (χ1) is 25.2. The van der Waals surface area contributed by atoms with E-state index in [1.807, 2.05) is 6.08 Å². The minimum Gasteiger partial charge on any atom is -0.394 e. The van der Waals surface area contributed by atoms with Crippen molar-refractivity contribution in [1.82, 2.24) is 5.32 Å². The van der Waals surface area contributed by atoms with Crippen LogP contribution in [-0.2, 0) is 4.79 Å². The molecule has 0 aliphatic rings. The monoisotopic (exact) mass is 714 g/mol. The maximum Gasteiger partial charge on any atom is 0.220 e. The van der Waals surface area contributed by atoms with Crippen LogP contribution in [-0.4, -0.2) is 34.9 Å². The Hall–Kier alpha value is -1.65. The molecular formula is C47H87NO3. The smallest absolute Gasteiger partial charge is 0.220 e. The highest BCUT2D eigenvalue weighted by Gasteiger charge is 2.17. The molecule has 298 valence electrons. The van der Waals surface area contributed by atoms with Crippen LogP contribution in [0.15, 0.2) is 48.6 Å². The average molecular weight is 714 g/mol. The fraction of sp³-hybridized carbons (Fsp3) is 0.809. The van der Waals surface area contributed by atoms with E-state index in [1.165, 1.54) is 148 Å². The molecule has 0 aliphatic carbocycles. The molecule has 0 aliphatic heterocycles. The van der Waals surface area contributed by atoms with Crippen molar-refractivity contribution < 1.29 is 15.0 Å². The van der Waals surface area contributed by atoms with Gasteiger partial charge in [-0.15, -0.1) is 0 Å². The number of unbranched alkanes of at least 4 members (excludes halogenated alkanes) is 27.